The maximum Gasteiger partial charge on any atom is 0.245 e. The van der Waals surface area contributed by atoms with Crippen LogP contribution in [0.25, 0.3) is 11.3 Å². The molecule has 2 aromatic rings. The van der Waals surface area contributed by atoms with Crippen LogP contribution in [0, 0.1) is 0 Å². The molecular formula is C15H20ClN3O2S. The number of hydrogen-bond donors (Lipinski definition) is 3. The predicted molar refractivity (Wildman–Crippen MR) is 92.6 cm³/mol. The third kappa shape index (κ3) is 4.43. The van der Waals surface area contributed by atoms with Crippen LogP contribution >= 0.6 is 23.7 Å². The van der Waals surface area contributed by atoms with Crippen LogP contribution < -0.4 is 11.1 Å². The monoisotopic (exact) mass is 341 g/mol. The van der Waals surface area contributed by atoms with Gasteiger partial charge >= 0.3 is 0 Å². The summed E-state index contributed by atoms with van der Waals surface area (Å²) in [4.78, 5) is 16.5. The van der Waals surface area contributed by atoms with Crippen molar-refractivity contribution in [2.45, 2.75) is 32.2 Å². The highest BCUT2D eigenvalue weighted by atomic mass is 35.5. The van der Waals surface area contributed by atoms with Gasteiger partial charge in [-0.25, -0.2) is 4.98 Å². The molecule has 120 valence electrons. The maximum absolute atomic E-state index is 12.1. The number of rotatable bonds is 5. The number of hydrogen-bond acceptors (Lipinski definition) is 5. The predicted octanol–water partition coefficient (Wildman–Crippen LogP) is 3.39. The fourth-order valence-electron chi connectivity index (χ4n) is 1.97. The first kappa shape index (κ1) is 18.4. The van der Waals surface area contributed by atoms with Gasteiger partial charge in [-0.15, -0.1) is 23.7 Å². The van der Waals surface area contributed by atoms with Gasteiger partial charge < -0.3 is 16.2 Å². The molecule has 0 saturated carbocycles. The topological polar surface area (TPSA) is 88.2 Å². The molecule has 0 aliphatic heterocycles. The first-order valence-corrected chi connectivity index (χ1v) is 7.65. The third-order valence-electron chi connectivity index (χ3n) is 3.18. The molecule has 1 aromatic carbocycles. The molecule has 1 amide bonds. The number of carbonyl (C=O) groups excluding carboxylic acids is 1. The Labute approximate surface area is 140 Å². The van der Waals surface area contributed by atoms with Crippen LogP contribution in [0.15, 0.2) is 29.6 Å². The van der Waals surface area contributed by atoms with Crippen molar-refractivity contribution in [3.63, 3.8) is 0 Å². The van der Waals surface area contributed by atoms with Gasteiger partial charge in [-0.2, -0.15) is 0 Å². The Bertz CT molecular complexity index is 626. The van der Waals surface area contributed by atoms with Crippen molar-refractivity contribution in [3.8, 4) is 17.0 Å². The summed E-state index contributed by atoms with van der Waals surface area (Å²) in [6.07, 6.45) is 1.46. The van der Waals surface area contributed by atoms with E-state index in [9.17, 15) is 9.90 Å². The fourth-order valence-corrected chi connectivity index (χ4v) is 2.68. The molecular weight excluding hydrogens is 322 g/mol. The largest absolute Gasteiger partial charge is 0.508 e. The van der Waals surface area contributed by atoms with E-state index >= 15 is 0 Å². The summed E-state index contributed by atoms with van der Waals surface area (Å²) in [5, 5.41) is 14.4. The minimum absolute atomic E-state index is 0. The van der Waals surface area contributed by atoms with Crippen LogP contribution in [-0.4, -0.2) is 21.5 Å². The van der Waals surface area contributed by atoms with Crippen LogP contribution in [0.2, 0.25) is 0 Å². The molecule has 0 saturated heterocycles. The molecule has 5 nitrogen and oxygen atoms in total. The lowest BCUT2D eigenvalue weighted by Gasteiger charge is -2.21. The zero-order valence-corrected chi connectivity index (χ0v) is 14.1. The second-order valence-corrected chi connectivity index (χ2v) is 6.06. The average molecular weight is 342 g/mol. The first-order valence-electron chi connectivity index (χ1n) is 6.77. The zero-order valence-electron chi connectivity index (χ0n) is 12.5. The number of nitrogens with two attached hydrogens (primary N) is 1. The van der Waals surface area contributed by atoms with E-state index in [4.69, 9.17) is 5.73 Å². The van der Waals surface area contributed by atoms with Crippen LogP contribution in [0.3, 0.4) is 0 Å². The summed E-state index contributed by atoms with van der Waals surface area (Å²) in [6.45, 7) is 3.71. The van der Waals surface area contributed by atoms with E-state index < -0.39 is 5.54 Å². The summed E-state index contributed by atoms with van der Waals surface area (Å²) in [6, 6.07) is 6.76. The average Bonchev–Trinajstić information content (AvgIpc) is 2.88. The van der Waals surface area contributed by atoms with Gasteiger partial charge in [-0.05, 0) is 37.6 Å². The van der Waals surface area contributed by atoms with Crippen molar-refractivity contribution in [3.05, 3.63) is 29.6 Å². The molecule has 2 rings (SSSR count). The Morgan fingerprint density at radius 3 is 2.64 bits per heavy atom. The highest BCUT2D eigenvalue weighted by Crippen LogP contribution is 2.26. The summed E-state index contributed by atoms with van der Waals surface area (Å²) >= 11 is 1.35. The van der Waals surface area contributed by atoms with Crippen molar-refractivity contribution < 1.29 is 9.90 Å². The van der Waals surface area contributed by atoms with Crippen molar-refractivity contribution in [2.24, 2.45) is 5.73 Å². The van der Waals surface area contributed by atoms with Crippen LogP contribution in [0.5, 0.6) is 5.75 Å². The van der Waals surface area contributed by atoms with Crippen molar-refractivity contribution in [1.82, 2.24) is 4.98 Å². The molecule has 1 atom stereocenters. The van der Waals surface area contributed by atoms with Crippen LogP contribution in [0.1, 0.15) is 26.7 Å². The van der Waals surface area contributed by atoms with Crippen molar-refractivity contribution >= 4 is 34.8 Å². The molecule has 1 aromatic heterocycles. The van der Waals surface area contributed by atoms with E-state index in [0.29, 0.717) is 11.6 Å². The Hall–Kier alpha value is -1.63. The second kappa shape index (κ2) is 7.58. The second-order valence-electron chi connectivity index (χ2n) is 5.21. The van der Waals surface area contributed by atoms with Gasteiger partial charge in [0.05, 0.1) is 11.2 Å². The van der Waals surface area contributed by atoms with Gasteiger partial charge in [0, 0.05) is 10.9 Å². The fraction of sp³-hybridized carbons (Fsp3) is 0.333. The number of aromatic nitrogens is 1. The number of benzene rings is 1. The minimum atomic E-state index is -0.890. The van der Waals surface area contributed by atoms with Gasteiger partial charge in [0.25, 0.3) is 0 Å². The minimum Gasteiger partial charge on any atom is -0.508 e. The molecule has 0 radical (unpaired) electrons. The summed E-state index contributed by atoms with van der Waals surface area (Å²) in [5.41, 5.74) is 6.74. The Balaban J connectivity index is 0.00000242. The molecule has 0 spiro atoms. The van der Waals surface area contributed by atoms with Crippen LogP contribution in [0.4, 0.5) is 5.13 Å². The Morgan fingerprint density at radius 1 is 1.41 bits per heavy atom. The van der Waals surface area contributed by atoms with E-state index in [2.05, 4.69) is 10.3 Å². The molecule has 1 unspecified atom stereocenters. The number of carbonyl (C=O) groups is 1. The van der Waals surface area contributed by atoms with Gasteiger partial charge in [-0.3, -0.25) is 4.79 Å². The first-order chi connectivity index (χ1) is 9.92. The number of phenolic OH excluding ortho intramolecular Hbond substituents is 1. The summed E-state index contributed by atoms with van der Waals surface area (Å²) < 4.78 is 0. The lowest BCUT2D eigenvalue weighted by molar-refractivity contribution is -0.120. The SMILES string of the molecule is CCCC(C)(N)C(=O)Nc1nc(-c2ccc(O)cc2)cs1.Cl. The molecule has 1 heterocycles. The quantitative estimate of drug-likeness (QED) is 0.777. The molecule has 0 aliphatic carbocycles. The van der Waals surface area contributed by atoms with Gasteiger partial charge in [0.1, 0.15) is 5.75 Å². The summed E-state index contributed by atoms with van der Waals surface area (Å²) in [5.74, 6) is -0.0167. The Kier molecular flexibility index (Phi) is 6.34. The number of halogens is 1. The van der Waals surface area contributed by atoms with E-state index in [-0.39, 0.29) is 24.1 Å². The molecule has 0 fully saturated rings. The number of phenols is 1. The molecule has 22 heavy (non-hydrogen) atoms. The van der Waals surface area contributed by atoms with E-state index in [1.165, 1.54) is 11.3 Å². The number of nitrogens with one attached hydrogen (secondary N) is 1. The zero-order chi connectivity index (χ0) is 15.5. The van der Waals surface area contributed by atoms with Gasteiger partial charge in [-0.1, -0.05) is 13.3 Å². The number of amides is 1. The van der Waals surface area contributed by atoms with Crippen LogP contribution in [-0.2, 0) is 4.79 Å². The highest BCUT2D eigenvalue weighted by Gasteiger charge is 2.27. The highest BCUT2D eigenvalue weighted by molar-refractivity contribution is 7.14. The normalized spacial score (nSPS) is 13.0. The standard InChI is InChI=1S/C15H19N3O2S.ClH/c1-3-8-15(2,16)13(20)18-14-17-12(9-21-14)10-4-6-11(19)7-5-10;/h4-7,9,19H,3,8,16H2,1-2H3,(H,17,18,20);1H. The van der Waals surface area contributed by atoms with Crippen molar-refractivity contribution in [2.75, 3.05) is 5.32 Å². The Morgan fingerprint density at radius 2 is 2.05 bits per heavy atom. The number of nitrogens with zero attached hydrogens (tertiary/aromatic N) is 1. The number of aromatic hydroxyl groups is 1. The lowest BCUT2D eigenvalue weighted by Crippen LogP contribution is -2.48. The smallest absolute Gasteiger partial charge is 0.245 e. The molecule has 0 bridgehead atoms. The molecule has 4 N–H and O–H groups in total. The third-order valence-corrected chi connectivity index (χ3v) is 3.93. The van der Waals surface area contributed by atoms with Gasteiger partial charge in [0.15, 0.2) is 5.13 Å². The lowest BCUT2D eigenvalue weighted by atomic mass is 9.97. The van der Waals surface area contributed by atoms with E-state index in [0.717, 1.165) is 17.7 Å². The number of thiazole rings is 1. The molecule has 7 heteroatoms. The van der Waals surface area contributed by atoms with E-state index in [1.54, 1.807) is 31.2 Å². The molecule has 0 aliphatic rings. The number of anilines is 1. The van der Waals surface area contributed by atoms with Crippen molar-refractivity contribution in [1.29, 1.82) is 0 Å². The van der Waals surface area contributed by atoms with E-state index in [1.807, 2.05) is 12.3 Å². The summed E-state index contributed by atoms with van der Waals surface area (Å²) in [7, 11) is 0. The maximum atomic E-state index is 12.1. The van der Waals surface area contributed by atoms with Gasteiger partial charge in [0.2, 0.25) is 5.91 Å².